The van der Waals surface area contributed by atoms with Crippen LogP contribution in [-0.2, 0) is 23.8 Å². The van der Waals surface area contributed by atoms with Crippen LogP contribution in [0.5, 0.6) is 5.75 Å². The Morgan fingerprint density at radius 3 is 2.29 bits per heavy atom. The summed E-state index contributed by atoms with van der Waals surface area (Å²) in [5, 5.41) is 22.8. The third-order valence-electron chi connectivity index (χ3n) is 3.66. The van der Waals surface area contributed by atoms with Crippen molar-refractivity contribution in [2.75, 3.05) is 14.2 Å². The Hall–Kier alpha value is -3.88. The average Bonchev–Trinajstić information content (AvgIpc) is 2.69. The van der Waals surface area contributed by atoms with E-state index >= 15 is 0 Å². The average molecular weight is 437 g/mol. The highest BCUT2D eigenvalue weighted by molar-refractivity contribution is 5.83. The van der Waals surface area contributed by atoms with Gasteiger partial charge in [-0.3, -0.25) is 10.1 Å². The standard InChI is InChI=1S/C19H23N3O9/c1-19(2,3)31-18(25)21-12(16(23)28-4)9-14(17(24)29-5)30-13-8-6-7-11(10-20)15(13)22(26)27/h6-8,12,14H,9H2,1-5H3,(H,21,25)/t12-,14-/m0/s1. The molecule has 0 radical (unpaired) electrons. The van der Waals surface area contributed by atoms with E-state index in [0.29, 0.717) is 0 Å². The monoisotopic (exact) mass is 437 g/mol. The zero-order chi connectivity index (χ0) is 23.8. The SMILES string of the molecule is COC(=O)[C@H](C[C@H](Oc1cccc(C#N)c1[N+](=O)[O-])C(=O)OC)NC(=O)OC(C)(C)C. The van der Waals surface area contributed by atoms with Gasteiger partial charge in [0.1, 0.15) is 23.3 Å². The second kappa shape index (κ2) is 10.8. The second-order valence-corrected chi connectivity index (χ2v) is 7.11. The number of benzene rings is 1. The lowest BCUT2D eigenvalue weighted by Gasteiger charge is -2.24. The number of methoxy groups -OCH3 is 2. The normalized spacial score (nSPS) is 12.5. The summed E-state index contributed by atoms with van der Waals surface area (Å²) in [6.45, 7) is 4.84. The fourth-order valence-electron chi connectivity index (χ4n) is 2.39. The van der Waals surface area contributed by atoms with Crippen molar-refractivity contribution in [3.63, 3.8) is 0 Å². The van der Waals surface area contributed by atoms with E-state index in [1.807, 2.05) is 0 Å². The number of hydrogen-bond donors (Lipinski definition) is 1. The van der Waals surface area contributed by atoms with Crippen molar-refractivity contribution in [2.24, 2.45) is 0 Å². The molecule has 0 aromatic heterocycles. The first-order valence-corrected chi connectivity index (χ1v) is 8.92. The van der Waals surface area contributed by atoms with Crippen LogP contribution in [-0.4, -0.2) is 54.9 Å². The molecule has 0 unspecified atom stereocenters. The number of nitrogens with one attached hydrogen (secondary N) is 1. The fourth-order valence-corrected chi connectivity index (χ4v) is 2.39. The zero-order valence-corrected chi connectivity index (χ0v) is 17.7. The maximum absolute atomic E-state index is 12.2. The van der Waals surface area contributed by atoms with Gasteiger partial charge < -0.3 is 24.3 Å². The first kappa shape index (κ1) is 25.2. The summed E-state index contributed by atoms with van der Waals surface area (Å²) in [6.07, 6.45) is -3.01. The number of nitrogens with zero attached hydrogens (tertiary/aromatic N) is 2. The van der Waals surface area contributed by atoms with E-state index in [4.69, 9.17) is 14.7 Å². The molecule has 1 rings (SSSR count). The number of nitriles is 1. The lowest BCUT2D eigenvalue weighted by molar-refractivity contribution is -0.386. The van der Waals surface area contributed by atoms with Gasteiger partial charge in [-0.25, -0.2) is 14.4 Å². The summed E-state index contributed by atoms with van der Waals surface area (Å²) in [5.74, 6) is -2.28. The van der Waals surface area contributed by atoms with Gasteiger partial charge in [0.25, 0.3) is 0 Å². The first-order chi connectivity index (χ1) is 14.4. The summed E-state index contributed by atoms with van der Waals surface area (Å²) in [6, 6.07) is 3.98. The van der Waals surface area contributed by atoms with Gasteiger partial charge in [0, 0.05) is 6.42 Å². The summed E-state index contributed by atoms with van der Waals surface area (Å²) < 4.78 is 19.8. The van der Waals surface area contributed by atoms with Crippen LogP contribution in [0.4, 0.5) is 10.5 Å². The summed E-state index contributed by atoms with van der Waals surface area (Å²) in [7, 11) is 2.12. The number of hydrogen-bond acceptors (Lipinski definition) is 10. The number of nitro groups is 1. The van der Waals surface area contributed by atoms with E-state index in [0.717, 1.165) is 14.2 Å². The molecule has 0 fully saturated rings. The summed E-state index contributed by atoms with van der Waals surface area (Å²) in [5.41, 5.74) is -1.81. The van der Waals surface area contributed by atoms with Gasteiger partial charge in [-0.2, -0.15) is 5.26 Å². The van der Waals surface area contributed by atoms with E-state index < -0.39 is 52.8 Å². The van der Waals surface area contributed by atoms with E-state index in [-0.39, 0.29) is 11.3 Å². The molecule has 31 heavy (non-hydrogen) atoms. The molecule has 12 nitrogen and oxygen atoms in total. The highest BCUT2D eigenvalue weighted by Gasteiger charge is 2.34. The smallest absolute Gasteiger partial charge is 0.408 e. The van der Waals surface area contributed by atoms with E-state index in [2.05, 4.69) is 14.8 Å². The summed E-state index contributed by atoms with van der Waals surface area (Å²) >= 11 is 0. The number of carbonyl (C=O) groups is 3. The van der Waals surface area contributed by atoms with Crippen molar-refractivity contribution in [2.45, 2.75) is 44.9 Å². The van der Waals surface area contributed by atoms with Crippen LogP contribution in [0.3, 0.4) is 0 Å². The van der Waals surface area contributed by atoms with Crippen molar-refractivity contribution in [3.05, 3.63) is 33.9 Å². The largest absolute Gasteiger partial charge is 0.471 e. The van der Waals surface area contributed by atoms with Crippen LogP contribution in [0, 0.1) is 21.4 Å². The van der Waals surface area contributed by atoms with Crippen molar-refractivity contribution < 1.29 is 38.3 Å². The van der Waals surface area contributed by atoms with Gasteiger partial charge in [0.15, 0.2) is 11.9 Å². The van der Waals surface area contributed by atoms with Crippen molar-refractivity contribution in [1.82, 2.24) is 5.32 Å². The van der Waals surface area contributed by atoms with Gasteiger partial charge in [-0.05, 0) is 32.9 Å². The Morgan fingerprint density at radius 2 is 1.81 bits per heavy atom. The van der Waals surface area contributed by atoms with Crippen LogP contribution in [0.15, 0.2) is 18.2 Å². The van der Waals surface area contributed by atoms with Gasteiger partial charge in [0.05, 0.1) is 19.1 Å². The molecule has 0 spiro atoms. The molecule has 1 amide bonds. The quantitative estimate of drug-likeness (QED) is 0.274. The molecule has 0 heterocycles. The Kier molecular flexibility index (Phi) is 8.74. The minimum Gasteiger partial charge on any atom is -0.471 e. The lowest BCUT2D eigenvalue weighted by atomic mass is 10.1. The molecular formula is C19H23N3O9. The Bertz CT molecular complexity index is 887. The minimum absolute atomic E-state index is 0.289. The first-order valence-electron chi connectivity index (χ1n) is 8.92. The maximum Gasteiger partial charge on any atom is 0.408 e. The molecule has 2 atom stereocenters. The zero-order valence-electron chi connectivity index (χ0n) is 17.7. The number of alkyl carbamates (subject to hydrolysis) is 1. The molecule has 168 valence electrons. The predicted octanol–water partition coefficient (Wildman–Crippen LogP) is 1.84. The molecule has 12 heteroatoms. The van der Waals surface area contributed by atoms with Crippen molar-refractivity contribution >= 4 is 23.7 Å². The predicted molar refractivity (Wildman–Crippen MR) is 104 cm³/mol. The minimum atomic E-state index is -1.56. The fraction of sp³-hybridized carbons (Fsp3) is 0.474. The van der Waals surface area contributed by atoms with Gasteiger partial charge >= 0.3 is 23.7 Å². The Balaban J connectivity index is 3.23. The van der Waals surface area contributed by atoms with E-state index in [1.54, 1.807) is 26.8 Å². The number of amides is 1. The molecule has 1 aromatic carbocycles. The second-order valence-electron chi connectivity index (χ2n) is 7.11. The Labute approximate surface area is 178 Å². The molecule has 1 aromatic rings. The van der Waals surface area contributed by atoms with Gasteiger partial charge in [0.2, 0.25) is 0 Å². The number of para-hydroxylation sites is 1. The van der Waals surface area contributed by atoms with Crippen LogP contribution < -0.4 is 10.1 Å². The molecule has 0 aliphatic rings. The number of nitro benzene ring substituents is 1. The third kappa shape index (κ3) is 7.46. The van der Waals surface area contributed by atoms with Crippen molar-refractivity contribution in [3.8, 4) is 11.8 Å². The third-order valence-corrected chi connectivity index (χ3v) is 3.66. The molecule has 1 N–H and O–H groups in total. The topological polar surface area (TPSA) is 167 Å². The molecule has 0 saturated carbocycles. The highest BCUT2D eigenvalue weighted by Crippen LogP contribution is 2.31. The van der Waals surface area contributed by atoms with Gasteiger partial charge in [-0.1, -0.05) is 6.07 Å². The molecular weight excluding hydrogens is 414 g/mol. The Morgan fingerprint density at radius 1 is 1.19 bits per heavy atom. The summed E-state index contributed by atoms with van der Waals surface area (Å²) in [4.78, 5) is 47.0. The molecule has 0 aliphatic heterocycles. The van der Waals surface area contributed by atoms with Crippen LogP contribution >= 0.6 is 0 Å². The maximum atomic E-state index is 12.2. The van der Waals surface area contributed by atoms with Crippen molar-refractivity contribution in [1.29, 1.82) is 5.26 Å². The number of esters is 2. The number of ether oxygens (including phenoxy) is 4. The van der Waals surface area contributed by atoms with Crippen LogP contribution in [0.25, 0.3) is 0 Å². The molecule has 0 bridgehead atoms. The number of carbonyl (C=O) groups excluding carboxylic acids is 3. The van der Waals surface area contributed by atoms with E-state index in [9.17, 15) is 24.5 Å². The van der Waals surface area contributed by atoms with Gasteiger partial charge in [-0.15, -0.1) is 0 Å². The van der Waals surface area contributed by atoms with E-state index in [1.165, 1.54) is 18.2 Å². The van der Waals surface area contributed by atoms with Crippen LogP contribution in [0.2, 0.25) is 0 Å². The molecule has 0 saturated heterocycles. The number of rotatable bonds is 8. The molecule has 0 aliphatic carbocycles. The van der Waals surface area contributed by atoms with Crippen LogP contribution in [0.1, 0.15) is 32.8 Å². The highest BCUT2D eigenvalue weighted by atomic mass is 16.6. The lowest BCUT2D eigenvalue weighted by Crippen LogP contribution is -2.47.